The van der Waals surface area contributed by atoms with E-state index in [0.29, 0.717) is 5.92 Å². The number of aliphatic imine (C=N–C) groups is 1. The van der Waals surface area contributed by atoms with E-state index in [0.717, 1.165) is 50.8 Å². The molecule has 1 atom stereocenters. The summed E-state index contributed by atoms with van der Waals surface area (Å²) in [5, 5.41) is 10.2. The van der Waals surface area contributed by atoms with Gasteiger partial charge >= 0.3 is 0 Å². The van der Waals surface area contributed by atoms with Crippen molar-refractivity contribution in [2.45, 2.75) is 46.6 Å². The molecule has 0 saturated carbocycles. The molecule has 1 aliphatic heterocycles. The summed E-state index contributed by atoms with van der Waals surface area (Å²) in [6, 6.07) is 4.39. The van der Waals surface area contributed by atoms with Gasteiger partial charge in [-0.1, -0.05) is 6.07 Å². The van der Waals surface area contributed by atoms with E-state index in [4.69, 9.17) is 4.99 Å². The molecule has 0 aliphatic carbocycles. The number of nitrogens with one attached hydrogen (secondary N) is 2. The Morgan fingerprint density at radius 1 is 1.34 bits per heavy atom. The van der Waals surface area contributed by atoms with Crippen LogP contribution in [0.1, 0.15) is 40.2 Å². The van der Waals surface area contributed by atoms with Gasteiger partial charge in [0, 0.05) is 48.9 Å². The van der Waals surface area contributed by atoms with Crippen molar-refractivity contribution >= 4 is 52.6 Å². The topological polar surface area (TPSA) is 52.6 Å². The highest BCUT2D eigenvalue weighted by atomic mass is 127. The van der Waals surface area contributed by atoms with Gasteiger partial charge in [0.2, 0.25) is 0 Å². The Morgan fingerprint density at radius 2 is 2.21 bits per heavy atom. The number of hydrogen-bond donors (Lipinski definition) is 2. The van der Waals surface area contributed by atoms with Crippen LogP contribution in [0.15, 0.2) is 22.5 Å². The summed E-state index contributed by atoms with van der Waals surface area (Å²) in [6.07, 6.45) is 3.50. The van der Waals surface area contributed by atoms with E-state index in [1.807, 2.05) is 11.3 Å². The first-order valence-corrected chi connectivity index (χ1v) is 12.0. The number of piperidine rings is 1. The first-order chi connectivity index (χ1) is 13.6. The molecule has 1 unspecified atom stereocenters. The molecule has 0 radical (unpaired) electrons. The summed E-state index contributed by atoms with van der Waals surface area (Å²) >= 11 is 3.66. The third-order valence-corrected chi connectivity index (χ3v) is 7.11. The molecule has 0 bridgehead atoms. The van der Waals surface area contributed by atoms with Crippen molar-refractivity contribution in [3.05, 3.63) is 38.0 Å². The largest absolute Gasteiger partial charge is 0.357 e. The first-order valence-electron chi connectivity index (χ1n) is 10.3. The summed E-state index contributed by atoms with van der Waals surface area (Å²) in [7, 11) is 0. The van der Waals surface area contributed by atoms with Crippen molar-refractivity contribution in [1.82, 2.24) is 20.5 Å². The van der Waals surface area contributed by atoms with Crippen molar-refractivity contribution in [1.29, 1.82) is 0 Å². The lowest BCUT2D eigenvalue weighted by atomic mass is 9.98. The van der Waals surface area contributed by atoms with Gasteiger partial charge in [-0.15, -0.1) is 46.7 Å². The Hall–Kier alpha value is -0.710. The zero-order valence-electron chi connectivity index (χ0n) is 17.7. The van der Waals surface area contributed by atoms with Crippen molar-refractivity contribution in [2.75, 3.05) is 32.7 Å². The number of rotatable bonds is 8. The van der Waals surface area contributed by atoms with E-state index in [1.54, 1.807) is 11.3 Å². The van der Waals surface area contributed by atoms with Gasteiger partial charge in [-0.3, -0.25) is 9.89 Å². The molecule has 3 heterocycles. The van der Waals surface area contributed by atoms with Gasteiger partial charge in [-0.2, -0.15) is 0 Å². The Bertz CT molecular complexity index is 725. The molecule has 8 heteroatoms. The molecular formula is C21H34IN5S2. The monoisotopic (exact) mass is 547 g/mol. The third-order valence-electron chi connectivity index (χ3n) is 5.12. The fourth-order valence-corrected chi connectivity index (χ4v) is 5.24. The second-order valence-electron chi connectivity index (χ2n) is 7.47. The SMILES string of the molecule is CCNC(=NCC1CCCN(Cc2cccs2)C1)NCCc1nc(C)c(C)s1.I. The van der Waals surface area contributed by atoms with E-state index < -0.39 is 0 Å². The summed E-state index contributed by atoms with van der Waals surface area (Å²) in [5.74, 6) is 1.58. The molecular weight excluding hydrogens is 513 g/mol. The molecule has 1 aliphatic rings. The van der Waals surface area contributed by atoms with Crippen molar-refractivity contribution < 1.29 is 0 Å². The zero-order chi connectivity index (χ0) is 19.8. The van der Waals surface area contributed by atoms with Crippen LogP contribution in [0.4, 0.5) is 0 Å². The second-order valence-corrected chi connectivity index (χ2v) is 9.79. The number of thiazole rings is 1. The minimum Gasteiger partial charge on any atom is -0.357 e. The molecule has 2 aromatic heterocycles. The lowest BCUT2D eigenvalue weighted by molar-refractivity contribution is 0.172. The van der Waals surface area contributed by atoms with E-state index in [-0.39, 0.29) is 24.0 Å². The summed E-state index contributed by atoms with van der Waals surface area (Å²) < 4.78 is 0. The van der Waals surface area contributed by atoms with Gasteiger partial charge in [-0.25, -0.2) is 4.98 Å². The van der Waals surface area contributed by atoms with Crippen LogP contribution in [-0.4, -0.2) is 48.6 Å². The molecule has 1 fully saturated rings. The summed E-state index contributed by atoms with van der Waals surface area (Å²) in [6.45, 7) is 12.4. The lowest BCUT2D eigenvalue weighted by Crippen LogP contribution is -2.40. The maximum atomic E-state index is 4.88. The quantitative estimate of drug-likeness (QED) is 0.292. The van der Waals surface area contributed by atoms with Crippen LogP contribution in [-0.2, 0) is 13.0 Å². The van der Waals surface area contributed by atoms with Gasteiger partial charge < -0.3 is 10.6 Å². The van der Waals surface area contributed by atoms with Crippen LogP contribution in [0.3, 0.4) is 0 Å². The molecule has 0 spiro atoms. The highest BCUT2D eigenvalue weighted by Gasteiger charge is 2.20. The number of aromatic nitrogens is 1. The van der Waals surface area contributed by atoms with Crippen LogP contribution in [0.2, 0.25) is 0 Å². The average Bonchev–Trinajstić information content (AvgIpc) is 3.30. The minimum absolute atomic E-state index is 0. The van der Waals surface area contributed by atoms with Gasteiger partial charge in [0.1, 0.15) is 0 Å². The minimum atomic E-state index is 0. The fraction of sp³-hybridized carbons (Fsp3) is 0.619. The number of halogens is 1. The molecule has 29 heavy (non-hydrogen) atoms. The van der Waals surface area contributed by atoms with E-state index in [9.17, 15) is 0 Å². The standard InChI is InChI=1S/C21H33N5S2.HI/c1-4-22-21(23-10-9-20-25-16(2)17(3)28-20)24-13-18-7-5-11-26(14-18)15-19-8-6-12-27-19;/h6,8,12,18H,4-5,7,9-11,13-15H2,1-3H3,(H2,22,23,24);1H. The Balaban J connectivity index is 0.00000300. The molecule has 0 amide bonds. The molecule has 0 aromatic carbocycles. The summed E-state index contributed by atoms with van der Waals surface area (Å²) in [5.41, 5.74) is 1.16. The first kappa shape index (κ1) is 24.6. The Morgan fingerprint density at radius 3 is 2.90 bits per heavy atom. The Kier molecular flexibility index (Phi) is 10.9. The van der Waals surface area contributed by atoms with E-state index in [2.05, 4.69) is 58.8 Å². The van der Waals surface area contributed by atoms with Crippen LogP contribution >= 0.6 is 46.7 Å². The normalized spacial score (nSPS) is 17.8. The van der Waals surface area contributed by atoms with E-state index >= 15 is 0 Å². The Labute approximate surface area is 200 Å². The predicted molar refractivity (Wildman–Crippen MR) is 137 cm³/mol. The number of likely N-dealkylation sites (tertiary alicyclic amines) is 1. The second kappa shape index (κ2) is 12.9. The molecule has 1 saturated heterocycles. The van der Waals surface area contributed by atoms with Crippen LogP contribution in [0.5, 0.6) is 0 Å². The number of hydrogen-bond acceptors (Lipinski definition) is 5. The van der Waals surface area contributed by atoms with Gasteiger partial charge in [0.05, 0.1) is 10.7 Å². The van der Waals surface area contributed by atoms with Crippen LogP contribution in [0, 0.1) is 19.8 Å². The predicted octanol–water partition coefficient (Wildman–Crippen LogP) is 4.45. The van der Waals surface area contributed by atoms with Gasteiger partial charge in [-0.05, 0) is 57.5 Å². The molecule has 2 N–H and O–H groups in total. The number of aryl methyl sites for hydroxylation is 2. The van der Waals surface area contributed by atoms with Gasteiger partial charge in [0.15, 0.2) is 5.96 Å². The van der Waals surface area contributed by atoms with Crippen molar-refractivity contribution in [3.8, 4) is 0 Å². The van der Waals surface area contributed by atoms with Crippen molar-refractivity contribution in [2.24, 2.45) is 10.9 Å². The number of guanidine groups is 1. The molecule has 3 rings (SSSR count). The lowest BCUT2D eigenvalue weighted by Gasteiger charge is -2.31. The molecule has 2 aromatic rings. The van der Waals surface area contributed by atoms with Crippen LogP contribution < -0.4 is 10.6 Å². The van der Waals surface area contributed by atoms with Crippen molar-refractivity contribution in [3.63, 3.8) is 0 Å². The zero-order valence-corrected chi connectivity index (χ0v) is 21.7. The van der Waals surface area contributed by atoms with E-state index in [1.165, 1.54) is 34.1 Å². The maximum absolute atomic E-state index is 4.88. The highest BCUT2D eigenvalue weighted by Crippen LogP contribution is 2.20. The third kappa shape index (κ3) is 8.15. The number of nitrogens with zero attached hydrogens (tertiary/aromatic N) is 3. The number of thiophene rings is 1. The summed E-state index contributed by atoms with van der Waals surface area (Å²) in [4.78, 5) is 14.9. The highest BCUT2D eigenvalue weighted by molar-refractivity contribution is 14.0. The average molecular weight is 548 g/mol. The molecule has 5 nitrogen and oxygen atoms in total. The van der Waals surface area contributed by atoms with Gasteiger partial charge in [0.25, 0.3) is 0 Å². The smallest absolute Gasteiger partial charge is 0.191 e. The maximum Gasteiger partial charge on any atom is 0.191 e. The fourth-order valence-electron chi connectivity index (χ4n) is 3.56. The molecule has 162 valence electrons. The van der Waals surface area contributed by atoms with Crippen LogP contribution in [0.25, 0.3) is 0 Å².